The third-order valence-electron chi connectivity index (χ3n) is 6.57. The summed E-state index contributed by atoms with van der Waals surface area (Å²) in [6.45, 7) is 3.64. The van der Waals surface area contributed by atoms with Crippen molar-refractivity contribution in [3.8, 4) is 28.7 Å². The molecule has 0 saturated carbocycles. The van der Waals surface area contributed by atoms with Crippen LogP contribution in [0.2, 0.25) is 0 Å². The van der Waals surface area contributed by atoms with Crippen LogP contribution < -0.4 is 25.1 Å². The minimum atomic E-state index is -0.400. The molecule has 3 aromatic carbocycles. The molecule has 2 aliphatic rings. The number of benzene rings is 3. The van der Waals surface area contributed by atoms with Gasteiger partial charge in [0.25, 0.3) is 11.5 Å². The summed E-state index contributed by atoms with van der Waals surface area (Å²) in [5.41, 5.74) is 2.62. The molecule has 0 aliphatic carbocycles. The van der Waals surface area contributed by atoms with Gasteiger partial charge in [-0.1, -0.05) is 23.8 Å². The van der Waals surface area contributed by atoms with Crippen molar-refractivity contribution in [2.24, 2.45) is 0 Å². The van der Waals surface area contributed by atoms with Gasteiger partial charge in [0.15, 0.2) is 22.9 Å². The van der Waals surface area contributed by atoms with E-state index >= 15 is 0 Å². The van der Waals surface area contributed by atoms with Gasteiger partial charge in [-0.05, 0) is 62.2 Å². The zero-order valence-electron chi connectivity index (χ0n) is 20.8. The Kier molecular flexibility index (Phi) is 6.17. The summed E-state index contributed by atoms with van der Waals surface area (Å²) < 4.78 is 18.3. The lowest BCUT2D eigenvalue weighted by atomic mass is 10.1. The Morgan fingerprint density at radius 1 is 0.974 bits per heavy atom. The van der Waals surface area contributed by atoms with Crippen molar-refractivity contribution >= 4 is 17.3 Å². The van der Waals surface area contributed by atoms with Gasteiger partial charge in [0.05, 0.1) is 11.9 Å². The number of anilines is 2. The molecule has 2 aliphatic heterocycles. The van der Waals surface area contributed by atoms with Gasteiger partial charge in [-0.3, -0.25) is 9.59 Å². The largest absolute Gasteiger partial charge is 0.454 e. The highest BCUT2D eigenvalue weighted by molar-refractivity contribution is 5.95. The molecule has 9 heteroatoms. The Morgan fingerprint density at radius 2 is 1.76 bits per heavy atom. The summed E-state index contributed by atoms with van der Waals surface area (Å²) in [6.07, 6.45) is 3.52. The van der Waals surface area contributed by atoms with Gasteiger partial charge in [0, 0.05) is 30.4 Å². The van der Waals surface area contributed by atoms with Crippen LogP contribution in [0.1, 0.15) is 28.8 Å². The molecule has 9 nitrogen and oxygen atoms in total. The van der Waals surface area contributed by atoms with Crippen molar-refractivity contribution in [2.45, 2.75) is 19.8 Å². The van der Waals surface area contributed by atoms with Gasteiger partial charge in [0.1, 0.15) is 5.75 Å². The van der Waals surface area contributed by atoms with Crippen LogP contribution in [0, 0.1) is 6.92 Å². The summed E-state index contributed by atoms with van der Waals surface area (Å²) in [5.74, 6) is 1.86. The molecular formula is C29H26N4O5. The quantitative estimate of drug-likeness (QED) is 0.388. The summed E-state index contributed by atoms with van der Waals surface area (Å²) in [4.78, 5) is 28.5. The first-order chi connectivity index (χ1) is 18.5. The van der Waals surface area contributed by atoms with Crippen molar-refractivity contribution in [2.75, 3.05) is 25.2 Å². The molecule has 3 heterocycles. The molecular weight excluding hydrogens is 484 g/mol. The number of aromatic nitrogens is 2. The molecule has 0 radical (unpaired) electrons. The van der Waals surface area contributed by atoms with Crippen LogP contribution >= 0.6 is 0 Å². The second-order valence-corrected chi connectivity index (χ2v) is 9.26. The fourth-order valence-electron chi connectivity index (χ4n) is 4.55. The third kappa shape index (κ3) is 4.66. The number of hydrogen-bond acceptors (Lipinski definition) is 7. The predicted octanol–water partition coefficient (Wildman–Crippen LogP) is 5.04. The highest BCUT2D eigenvalue weighted by Crippen LogP contribution is 2.37. The highest BCUT2D eigenvalue weighted by atomic mass is 16.7. The summed E-state index contributed by atoms with van der Waals surface area (Å²) in [5, 5.41) is 7.57. The van der Waals surface area contributed by atoms with Crippen LogP contribution in [0.4, 0.5) is 11.4 Å². The molecule has 6 rings (SSSR count). The third-order valence-corrected chi connectivity index (χ3v) is 6.57. The van der Waals surface area contributed by atoms with Gasteiger partial charge in [-0.25, -0.2) is 0 Å². The maximum atomic E-state index is 13.7. The smallest absolute Gasteiger partial charge is 0.299 e. The van der Waals surface area contributed by atoms with E-state index in [1.54, 1.807) is 42.5 Å². The number of amides is 1. The van der Waals surface area contributed by atoms with Gasteiger partial charge in [-0.2, -0.15) is 9.78 Å². The number of ether oxygens (including phenoxy) is 3. The number of carbonyl (C=O) groups excluding carboxylic acids is 1. The van der Waals surface area contributed by atoms with E-state index in [1.807, 2.05) is 36.1 Å². The maximum absolute atomic E-state index is 13.7. The molecule has 0 unspecified atom stereocenters. The zero-order chi connectivity index (χ0) is 26.1. The first-order valence-corrected chi connectivity index (χ1v) is 12.5. The van der Waals surface area contributed by atoms with Crippen LogP contribution in [0.25, 0.3) is 5.69 Å². The Balaban J connectivity index is 1.38. The molecule has 1 saturated heterocycles. The van der Waals surface area contributed by atoms with Crippen LogP contribution in [0.5, 0.6) is 23.0 Å². The van der Waals surface area contributed by atoms with Crippen molar-refractivity contribution in [3.63, 3.8) is 0 Å². The van der Waals surface area contributed by atoms with Gasteiger partial charge in [-0.15, -0.1) is 0 Å². The lowest BCUT2D eigenvalue weighted by molar-refractivity contribution is 0.0793. The Morgan fingerprint density at radius 3 is 2.58 bits per heavy atom. The zero-order valence-corrected chi connectivity index (χ0v) is 20.8. The van der Waals surface area contributed by atoms with Crippen LogP contribution in [-0.4, -0.2) is 40.5 Å². The number of aryl methyl sites for hydroxylation is 1. The minimum absolute atomic E-state index is 0.0187. The first kappa shape index (κ1) is 23.6. The number of hydrogen-bond donors (Lipinski definition) is 1. The van der Waals surface area contributed by atoms with E-state index in [2.05, 4.69) is 10.4 Å². The Labute approximate surface area is 219 Å². The standard InChI is InChI=1S/C29H26N4O5/c1-19-7-9-22(10-8-19)33-29(35)27(26(17-30-33)38-23-11-12-24-25(16-23)37-18-36-24)31-21-6-4-5-20(15-21)28(34)32-13-2-3-14-32/h4-12,15-17,31H,2-3,13-14,18H2,1H3. The molecule has 192 valence electrons. The number of carbonyl (C=O) groups is 1. The normalized spacial score (nSPS) is 14.0. The molecule has 1 amide bonds. The average Bonchev–Trinajstić information content (AvgIpc) is 3.64. The van der Waals surface area contributed by atoms with Crippen molar-refractivity contribution in [1.29, 1.82) is 0 Å². The Hall–Kier alpha value is -4.79. The predicted molar refractivity (Wildman–Crippen MR) is 142 cm³/mol. The summed E-state index contributed by atoms with van der Waals surface area (Å²) in [6, 6.07) is 19.8. The van der Waals surface area contributed by atoms with E-state index in [9.17, 15) is 9.59 Å². The van der Waals surface area contributed by atoms with Crippen molar-refractivity contribution < 1.29 is 19.0 Å². The summed E-state index contributed by atoms with van der Waals surface area (Å²) in [7, 11) is 0. The Bertz CT molecular complexity index is 1560. The minimum Gasteiger partial charge on any atom is -0.454 e. The molecule has 1 aromatic heterocycles. The molecule has 1 fully saturated rings. The number of nitrogens with zero attached hydrogens (tertiary/aromatic N) is 3. The first-order valence-electron chi connectivity index (χ1n) is 12.5. The molecule has 0 bridgehead atoms. The average molecular weight is 511 g/mol. The molecule has 38 heavy (non-hydrogen) atoms. The van der Waals surface area contributed by atoms with Crippen molar-refractivity contribution in [1.82, 2.24) is 14.7 Å². The van der Waals surface area contributed by atoms with Gasteiger partial charge in [0.2, 0.25) is 6.79 Å². The van der Waals surface area contributed by atoms with E-state index in [4.69, 9.17) is 14.2 Å². The second kappa shape index (κ2) is 9.93. The van der Waals surface area contributed by atoms with E-state index in [0.29, 0.717) is 34.2 Å². The fraction of sp³-hybridized carbons (Fsp3) is 0.207. The second-order valence-electron chi connectivity index (χ2n) is 9.26. The lowest BCUT2D eigenvalue weighted by Crippen LogP contribution is -2.27. The number of fused-ring (bicyclic) bond motifs is 1. The fourth-order valence-corrected chi connectivity index (χ4v) is 4.55. The number of nitrogens with one attached hydrogen (secondary N) is 1. The highest BCUT2D eigenvalue weighted by Gasteiger charge is 2.21. The van der Waals surface area contributed by atoms with Crippen LogP contribution in [0.15, 0.2) is 77.7 Å². The van der Waals surface area contributed by atoms with Crippen LogP contribution in [-0.2, 0) is 0 Å². The SMILES string of the molecule is Cc1ccc(-n2ncc(Oc3ccc4c(c3)OCO4)c(Nc3cccc(C(=O)N4CCCC4)c3)c2=O)cc1. The molecule has 0 atom stereocenters. The van der Waals surface area contributed by atoms with Crippen molar-refractivity contribution in [3.05, 3.63) is 94.4 Å². The van der Waals surface area contributed by atoms with E-state index in [-0.39, 0.29) is 24.1 Å². The summed E-state index contributed by atoms with van der Waals surface area (Å²) >= 11 is 0. The van der Waals surface area contributed by atoms with Gasteiger partial charge < -0.3 is 24.4 Å². The number of rotatable bonds is 6. The molecule has 4 aromatic rings. The van der Waals surface area contributed by atoms with E-state index in [1.165, 1.54) is 10.9 Å². The lowest BCUT2D eigenvalue weighted by Gasteiger charge is -2.17. The van der Waals surface area contributed by atoms with Gasteiger partial charge >= 0.3 is 0 Å². The number of likely N-dealkylation sites (tertiary alicyclic amines) is 1. The monoisotopic (exact) mass is 510 g/mol. The van der Waals surface area contributed by atoms with E-state index < -0.39 is 5.56 Å². The topological polar surface area (TPSA) is 94.9 Å². The molecule has 1 N–H and O–H groups in total. The molecule has 0 spiro atoms. The van der Waals surface area contributed by atoms with Crippen LogP contribution in [0.3, 0.4) is 0 Å². The van der Waals surface area contributed by atoms with E-state index in [0.717, 1.165) is 31.5 Å². The maximum Gasteiger partial charge on any atom is 0.299 e.